The van der Waals surface area contributed by atoms with E-state index in [2.05, 4.69) is 83.1 Å². The van der Waals surface area contributed by atoms with Crippen LogP contribution in [0.2, 0.25) is 0 Å². The summed E-state index contributed by atoms with van der Waals surface area (Å²) in [7, 11) is -4.20. The van der Waals surface area contributed by atoms with Gasteiger partial charge in [0.05, 0.1) is 19.8 Å². The summed E-state index contributed by atoms with van der Waals surface area (Å²) >= 11 is 0. The molecule has 186 valence electrons. The lowest BCUT2D eigenvalue weighted by atomic mass is 10.4. The van der Waals surface area contributed by atoms with Gasteiger partial charge in [0, 0.05) is 13.2 Å². The van der Waals surface area contributed by atoms with Gasteiger partial charge in [-0.3, -0.25) is 4.55 Å². The topological polar surface area (TPSA) is 113 Å². The van der Waals surface area contributed by atoms with Crippen molar-refractivity contribution in [3.05, 3.63) is 78.9 Å². The summed E-state index contributed by atoms with van der Waals surface area (Å²) in [5.41, 5.74) is 0. The van der Waals surface area contributed by atoms with Crippen LogP contribution in [0.4, 0.5) is 0 Å². The fraction of sp³-hybridized carbons (Fsp3) is 0.455. The summed E-state index contributed by atoms with van der Waals surface area (Å²) in [5.74, 6) is 0. The Morgan fingerprint density at radius 1 is 0.667 bits per heavy atom. The smallest absolute Gasteiger partial charge is 0.394 e. The summed E-state index contributed by atoms with van der Waals surface area (Å²) < 4.78 is 36.5. The standard InChI is InChI=1S/C4H10O4S.C4H10O.C2H6O2.6C2H4/c1-2-3-4-8-9(5,6)7;1-3-5-4-2;3-1-2-4;6*1-2/h2-4H2,1H3,(H,5,6,7);3-4H2,1-2H3;3-4H,1-2H2;6*1-2H2. The van der Waals surface area contributed by atoms with Crippen molar-refractivity contribution in [2.45, 2.75) is 33.6 Å². The highest BCUT2D eigenvalue weighted by Gasteiger charge is 2.00. The van der Waals surface area contributed by atoms with E-state index in [1.54, 1.807) is 0 Å². The van der Waals surface area contributed by atoms with Crippen LogP contribution < -0.4 is 0 Å². The van der Waals surface area contributed by atoms with Crippen LogP contribution in [0.3, 0.4) is 0 Å². The van der Waals surface area contributed by atoms with Crippen molar-refractivity contribution in [1.82, 2.24) is 0 Å². The van der Waals surface area contributed by atoms with Crippen LogP contribution in [0.15, 0.2) is 78.9 Å². The van der Waals surface area contributed by atoms with Crippen LogP contribution in [0.5, 0.6) is 0 Å². The molecule has 0 aromatic rings. The second-order valence-electron chi connectivity index (χ2n) is 2.83. The SMILES string of the molecule is C=C.C=C.C=C.C=C.C=C.C=C.CCCCOS(=O)(=O)O.CCOCC.OCCO. The summed E-state index contributed by atoms with van der Waals surface area (Å²) in [6.45, 7) is 43.4. The van der Waals surface area contributed by atoms with Crippen LogP contribution in [-0.4, -0.2) is 56.2 Å². The normalized spacial score (nSPS) is 6.73. The van der Waals surface area contributed by atoms with E-state index < -0.39 is 10.4 Å². The summed E-state index contributed by atoms with van der Waals surface area (Å²) in [5, 5.41) is 15.2. The van der Waals surface area contributed by atoms with E-state index in [1.165, 1.54) is 0 Å². The molecule has 0 rings (SSSR count). The minimum atomic E-state index is -4.20. The maximum atomic E-state index is 9.84. The van der Waals surface area contributed by atoms with E-state index in [9.17, 15) is 8.42 Å². The molecule has 0 saturated heterocycles. The molecule has 0 spiro atoms. The molecule has 30 heavy (non-hydrogen) atoms. The molecule has 0 aromatic heterocycles. The zero-order valence-electron chi connectivity index (χ0n) is 19.8. The van der Waals surface area contributed by atoms with Gasteiger partial charge in [-0.25, -0.2) is 4.18 Å². The Balaban J connectivity index is -0.0000000261. The monoisotopic (exact) mass is 458 g/mol. The minimum absolute atomic E-state index is 0.0648. The molecule has 0 radical (unpaired) electrons. The molecule has 7 nitrogen and oxygen atoms in total. The maximum Gasteiger partial charge on any atom is 0.397 e. The van der Waals surface area contributed by atoms with Crippen molar-refractivity contribution >= 4 is 10.4 Å². The van der Waals surface area contributed by atoms with Crippen LogP contribution in [0.25, 0.3) is 0 Å². The lowest BCUT2D eigenvalue weighted by Gasteiger charge is -1.95. The summed E-state index contributed by atoms with van der Waals surface area (Å²) in [4.78, 5) is 0. The zero-order valence-corrected chi connectivity index (χ0v) is 20.6. The zero-order chi connectivity index (χ0) is 26.9. The van der Waals surface area contributed by atoms with Crippen molar-refractivity contribution in [1.29, 1.82) is 0 Å². The van der Waals surface area contributed by atoms with Gasteiger partial charge in [0.2, 0.25) is 0 Å². The van der Waals surface area contributed by atoms with Crippen molar-refractivity contribution in [2.75, 3.05) is 33.0 Å². The van der Waals surface area contributed by atoms with Crippen molar-refractivity contribution in [2.24, 2.45) is 0 Å². The Kier molecular flexibility index (Phi) is 202. The first-order chi connectivity index (χ1) is 14.4. The molecule has 0 heterocycles. The third-order valence-corrected chi connectivity index (χ3v) is 1.70. The number of ether oxygens (including phenoxy) is 1. The highest BCUT2D eigenvalue weighted by molar-refractivity contribution is 7.80. The average molecular weight is 459 g/mol. The van der Waals surface area contributed by atoms with Crippen LogP contribution in [0.1, 0.15) is 33.6 Å². The molecule has 0 fully saturated rings. The first-order valence-electron chi connectivity index (χ1n) is 8.80. The van der Waals surface area contributed by atoms with E-state index in [0.717, 1.165) is 19.6 Å². The number of rotatable bonds is 7. The Morgan fingerprint density at radius 3 is 1.03 bits per heavy atom. The lowest BCUT2D eigenvalue weighted by molar-refractivity contribution is 0.162. The molecule has 0 atom stereocenters. The average Bonchev–Trinajstić information content (AvgIpc) is 2.82. The van der Waals surface area contributed by atoms with Crippen LogP contribution >= 0.6 is 0 Å². The van der Waals surface area contributed by atoms with Gasteiger partial charge in [0.25, 0.3) is 0 Å². The van der Waals surface area contributed by atoms with Crippen molar-refractivity contribution < 1.29 is 32.1 Å². The predicted molar refractivity (Wildman–Crippen MR) is 136 cm³/mol. The molecule has 0 aromatic carbocycles. The van der Waals surface area contributed by atoms with E-state index in [1.807, 2.05) is 20.8 Å². The Labute approximate surface area is 188 Å². The van der Waals surface area contributed by atoms with Crippen LogP contribution in [-0.2, 0) is 19.3 Å². The minimum Gasteiger partial charge on any atom is -0.394 e. The third kappa shape index (κ3) is 321. The van der Waals surface area contributed by atoms with E-state index in [0.29, 0.717) is 6.42 Å². The van der Waals surface area contributed by atoms with Gasteiger partial charge >= 0.3 is 10.4 Å². The van der Waals surface area contributed by atoms with Crippen molar-refractivity contribution in [3.8, 4) is 0 Å². The molecule has 3 N–H and O–H groups in total. The number of aliphatic hydroxyl groups excluding tert-OH is 2. The first-order valence-corrected chi connectivity index (χ1v) is 10.2. The number of hydrogen-bond acceptors (Lipinski definition) is 6. The molecule has 8 heteroatoms. The largest absolute Gasteiger partial charge is 0.397 e. The van der Waals surface area contributed by atoms with E-state index in [4.69, 9.17) is 19.5 Å². The van der Waals surface area contributed by atoms with E-state index in [-0.39, 0.29) is 19.8 Å². The summed E-state index contributed by atoms with van der Waals surface area (Å²) in [6, 6.07) is 0. The first kappa shape index (κ1) is 56.6. The highest BCUT2D eigenvalue weighted by atomic mass is 32.3. The molecule has 0 amide bonds. The van der Waals surface area contributed by atoms with Gasteiger partial charge in [-0.15, -0.1) is 78.9 Å². The third-order valence-electron chi connectivity index (χ3n) is 1.24. The molecular formula is C22H50O7S. The Hall–Kier alpha value is -1.81. The molecule has 0 aliphatic carbocycles. The number of aliphatic hydroxyl groups is 2. The highest BCUT2D eigenvalue weighted by Crippen LogP contribution is 1.91. The second kappa shape index (κ2) is 107. The quantitative estimate of drug-likeness (QED) is 0.265. The number of hydrogen-bond donors (Lipinski definition) is 3. The molecule has 0 saturated carbocycles. The van der Waals surface area contributed by atoms with Crippen molar-refractivity contribution in [3.63, 3.8) is 0 Å². The van der Waals surface area contributed by atoms with E-state index >= 15 is 0 Å². The van der Waals surface area contributed by atoms with Crippen LogP contribution in [0, 0.1) is 0 Å². The fourth-order valence-electron chi connectivity index (χ4n) is 0.513. The Morgan fingerprint density at radius 2 is 0.933 bits per heavy atom. The van der Waals surface area contributed by atoms with Gasteiger partial charge in [0.1, 0.15) is 0 Å². The fourth-order valence-corrected chi connectivity index (χ4v) is 0.841. The summed E-state index contributed by atoms with van der Waals surface area (Å²) in [6.07, 6.45) is 1.48. The number of unbranched alkanes of at least 4 members (excludes halogenated alkanes) is 1. The molecule has 0 bridgehead atoms. The Bertz CT molecular complexity index is 278. The lowest BCUT2D eigenvalue weighted by Crippen LogP contribution is -2.04. The van der Waals surface area contributed by atoms with Gasteiger partial charge < -0.3 is 14.9 Å². The molecule has 0 unspecified atom stereocenters. The van der Waals surface area contributed by atoms with Gasteiger partial charge in [-0.1, -0.05) is 13.3 Å². The molecular weight excluding hydrogens is 408 g/mol. The molecule has 0 aliphatic heterocycles. The van der Waals surface area contributed by atoms with Gasteiger partial charge in [-0.2, -0.15) is 8.42 Å². The van der Waals surface area contributed by atoms with Gasteiger partial charge in [0.15, 0.2) is 0 Å². The van der Waals surface area contributed by atoms with Gasteiger partial charge in [-0.05, 0) is 20.3 Å². The second-order valence-corrected chi connectivity index (χ2v) is 3.92. The molecule has 0 aliphatic rings. The predicted octanol–water partition coefficient (Wildman–Crippen LogP) is 5.43. The maximum absolute atomic E-state index is 9.84.